The molecule has 0 saturated carbocycles. The van der Waals surface area contributed by atoms with E-state index in [2.05, 4.69) is 6.92 Å². The van der Waals surface area contributed by atoms with Gasteiger partial charge in [0.2, 0.25) is 0 Å². The van der Waals surface area contributed by atoms with Gasteiger partial charge in [0.1, 0.15) is 0 Å². The largest absolute Gasteiger partial charge is 0.301 e. The molecule has 0 bridgehead atoms. The van der Waals surface area contributed by atoms with Crippen LogP contribution < -0.4 is 0 Å². The number of rotatable bonds is 5. The molecule has 0 aliphatic carbocycles. The number of carbonyl (C=O) groups is 1. The lowest BCUT2D eigenvalue weighted by molar-refractivity contribution is -0.851. The predicted octanol–water partition coefficient (Wildman–Crippen LogP) is 2.33. The summed E-state index contributed by atoms with van der Waals surface area (Å²) in [6.07, 6.45) is 8.73. The summed E-state index contributed by atoms with van der Waals surface area (Å²) in [4.78, 5) is 11.0. The molecule has 0 aromatic heterocycles. The number of unbranched alkanes of at least 4 members (excludes halogenated alkanes) is 2. The lowest BCUT2D eigenvalue weighted by atomic mass is 10.1. The van der Waals surface area contributed by atoms with E-state index >= 15 is 0 Å². The predicted molar refractivity (Wildman–Crippen MR) is 54.3 cm³/mol. The summed E-state index contributed by atoms with van der Waals surface area (Å²) in [7, 11) is 0. The van der Waals surface area contributed by atoms with Crippen molar-refractivity contribution in [2.45, 2.75) is 45.4 Å². The summed E-state index contributed by atoms with van der Waals surface area (Å²) >= 11 is 0. The number of quaternary nitrogens is 1. The standard InChI is InChI=1S/C11H22NO/c1-2-3-5-8-12(11-13)9-6-4-7-10-12/h11H,2-10H2,1H3/q+1. The number of hydrogen-bond donors (Lipinski definition) is 0. The Labute approximate surface area is 81.5 Å². The van der Waals surface area contributed by atoms with E-state index in [9.17, 15) is 4.79 Å². The van der Waals surface area contributed by atoms with Gasteiger partial charge in [-0.05, 0) is 32.1 Å². The summed E-state index contributed by atoms with van der Waals surface area (Å²) in [6, 6.07) is 0. The second-order valence-corrected chi connectivity index (χ2v) is 4.26. The van der Waals surface area contributed by atoms with Crippen molar-refractivity contribution in [3.63, 3.8) is 0 Å². The first-order valence-corrected chi connectivity index (χ1v) is 5.65. The molecule has 1 rings (SSSR count). The summed E-state index contributed by atoms with van der Waals surface area (Å²) in [5.41, 5.74) is 0. The zero-order valence-corrected chi connectivity index (χ0v) is 8.80. The summed E-state index contributed by atoms with van der Waals surface area (Å²) < 4.78 is 0.750. The molecule has 0 radical (unpaired) electrons. The van der Waals surface area contributed by atoms with E-state index in [4.69, 9.17) is 0 Å². The number of amides is 1. The molecule has 2 nitrogen and oxygen atoms in total. The molecular weight excluding hydrogens is 162 g/mol. The number of carbonyl (C=O) groups excluding carboxylic acids is 1. The number of hydrogen-bond acceptors (Lipinski definition) is 1. The third-order valence-corrected chi connectivity index (χ3v) is 3.14. The molecule has 1 saturated heterocycles. The van der Waals surface area contributed by atoms with Crippen LogP contribution in [0.1, 0.15) is 45.4 Å². The molecule has 13 heavy (non-hydrogen) atoms. The zero-order chi connectivity index (χ0) is 9.57. The molecule has 0 N–H and O–H groups in total. The summed E-state index contributed by atoms with van der Waals surface area (Å²) in [6.45, 7) is 5.47. The maximum absolute atomic E-state index is 11.0. The number of piperidine rings is 1. The van der Waals surface area contributed by atoms with Crippen molar-refractivity contribution in [1.82, 2.24) is 0 Å². The minimum absolute atomic E-state index is 0.750. The van der Waals surface area contributed by atoms with E-state index < -0.39 is 0 Å². The van der Waals surface area contributed by atoms with E-state index in [0.717, 1.165) is 24.1 Å². The molecular formula is C11H22NO+. The van der Waals surface area contributed by atoms with Gasteiger partial charge in [-0.15, -0.1) is 0 Å². The van der Waals surface area contributed by atoms with Gasteiger partial charge in [-0.3, -0.25) is 4.48 Å². The van der Waals surface area contributed by atoms with E-state index in [1.54, 1.807) is 0 Å². The van der Waals surface area contributed by atoms with Crippen LogP contribution in [0, 0.1) is 0 Å². The van der Waals surface area contributed by atoms with Crippen LogP contribution >= 0.6 is 0 Å². The second kappa shape index (κ2) is 5.38. The third kappa shape index (κ3) is 3.11. The van der Waals surface area contributed by atoms with Crippen molar-refractivity contribution in [3.8, 4) is 0 Å². The van der Waals surface area contributed by atoms with Gasteiger partial charge in [0.05, 0.1) is 19.6 Å². The average molecular weight is 184 g/mol. The van der Waals surface area contributed by atoms with Gasteiger partial charge in [-0.1, -0.05) is 13.3 Å². The SMILES string of the molecule is CCCCC[N+]1(C=O)CCCCC1. The fraction of sp³-hybridized carbons (Fsp3) is 0.909. The van der Waals surface area contributed by atoms with Crippen molar-refractivity contribution >= 4 is 6.41 Å². The summed E-state index contributed by atoms with van der Waals surface area (Å²) in [5, 5.41) is 0. The van der Waals surface area contributed by atoms with E-state index in [-0.39, 0.29) is 0 Å². The molecule has 1 fully saturated rings. The molecule has 0 atom stereocenters. The highest BCUT2D eigenvalue weighted by Gasteiger charge is 2.28. The van der Waals surface area contributed by atoms with E-state index in [0.29, 0.717) is 0 Å². The van der Waals surface area contributed by atoms with Gasteiger partial charge in [-0.2, -0.15) is 0 Å². The van der Waals surface area contributed by atoms with Gasteiger partial charge in [0, 0.05) is 0 Å². The van der Waals surface area contributed by atoms with E-state index in [1.165, 1.54) is 44.9 Å². The Morgan fingerprint density at radius 3 is 2.38 bits per heavy atom. The van der Waals surface area contributed by atoms with Gasteiger partial charge in [0.25, 0.3) is 0 Å². The summed E-state index contributed by atoms with van der Waals surface area (Å²) in [5.74, 6) is 0. The Morgan fingerprint density at radius 2 is 1.85 bits per heavy atom. The topological polar surface area (TPSA) is 17.1 Å². The number of likely N-dealkylation sites (tertiary alicyclic amines) is 1. The monoisotopic (exact) mass is 184 g/mol. The maximum atomic E-state index is 11.0. The third-order valence-electron chi connectivity index (χ3n) is 3.14. The van der Waals surface area contributed by atoms with Crippen LogP contribution in [0.3, 0.4) is 0 Å². The Bertz CT molecular complexity index is 150. The molecule has 0 unspecified atom stereocenters. The molecule has 2 heteroatoms. The van der Waals surface area contributed by atoms with E-state index in [1.807, 2.05) is 0 Å². The highest BCUT2D eigenvalue weighted by Crippen LogP contribution is 2.17. The van der Waals surface area contributed by atoms with Crippen molar-refractivity contribution in [2.24, 2.45) is 0 Å². The highest BCUT2D eigenvalue weighted by atomic mass is 16.1. The fourth-order valence-electron chi connectivity index (χ4n) is 2.20. The van der Waals surface area contributed by atoms with Crippen LogP contribution in [0.15, 0.2) is 0 Å². The van der Waals surface area contributed by atoms with Gasteiger partial charge in [-0.25, -0.2) is 4.79 Å². The van der Waals surface area contributed by atoms with Gasteiger partial charge in [0.15, 0.2) is 0 Å². The first kappa shape index (κ1) is 10.7. The molecule has 1 aliphatic heterocycles. The van der Waals surface area contributed by atoms with Crippen LogP contribution in [-0.4, -0.2) is 30.5 Å². The van der Waals surface area contributed by atoms with Crippen molar-refractivity contribution < 1.29 is 9.28 Å². The lowest BCUT2D eigenvalue weighted by Crippen LogP contribution is -2.50. The van der Waals surface area contributed by atoms with Crippen LogP contribution in [0.2, 0.25) is 0 Å². The Balaban J connectivity index is 2.33. The molecule has 0 aromatic rings. The minimum Gasteiger partial charge on any atom is -0.263 e. The average Bonchev–Trinajstić information content (AvgIpc) is 2.20. The van der Waals surface area contributed by atoms with Crippen LogP contribution in [-0.2, 0) is 4.79 Å². The molecule has 1 heterocycles. The van der Waals surface area contributed by atoms with Crippen LogP contribution in [0.4, 0.5) is 0 Å². The second-order valence-electron chi connectivity index (χ2n) is 4.26. The van der Waals surface area contributed by atoms with Gasteiger partial charge >= 0.3 is 6.41 Å². The normalized spacial score (nSPS) is 21.3. The molecule has 1 amide bonds. The van der Waals surface area contributed by atoms with Crippen molar-refractivity contribution in [1.29, 1.82) is 0 Å². The lowest BCUT2D eigenvalue weighted by Gasteiger charge is -2.35. The maximum Gasteiger partial charge on any atom is 0.301 e. The smallest absolute Gasteiger partial charge is 0.263 e. The zero-order valence-electron chi connectivity index (χ0n) is 8.80. The minimum atomic E-state index is 0.750. The van der Waals surface area contributed by atoms with Crippen molar-refractivity contribution in [3.05, 3.63) is 0 Å². The van der Waals surface area contributed by atoms with Crippen LogP contribution in [0.25, 0.3) is 0 Å². The Hall–Kier alpha value is -0.370. The molecule has 1 aliphatic rings. The highest BCUT2D eigenvalue weighted by molar-refractivity contribution is 5.37. The van der Waals surface area contributed by atoms with Crippen LogP contribution in [0.5, 0.6) is 0 Å². The van der Waals surface area contributed by atoms with Crippen molar-refractivity contribution in [2.75, 3.05) is 19.6 Å². The molecule has 76 valence electrons. The fourth-order valence-corrected chi connectivity index (χ4v) is 2.20. The Kier molecular flexibility index (Phi) is 4.43. The quantitative estimate of drug-likeness (QED) is 0.364. The molecule has 0 spiro atoms. The first-order valence-electron chi connectivity index (χ1n) is 5.65. The first-order chi connectivity index (χ1) is 6.33. The van der Waals surface area contributed by atoms with Gasteiger partial charge < -0.3 is 0 Å². The number of nitrogens with zero attached hydrogens (tertiary/aromatic N) is 1. The Morgan fingerprint density at radius 1 is 1.15 bits per heavy atom. The molecule has 0 aromatic carbocycles.